The van der Waals surface area contributed by atoms with E-state index in [0.717, 1.165) is 0 Å². The predicted octanol–water partition coefficient (Wildman–Crippen LogP) is -5.50. The van der Waals surface area contributed by atoms with Crippen molar-refractivity contribution in [3.05, 3.63) is 0 Å². The van der Waals surface area contributed by atoms with E-state index in [2.05, 4.69) is 10.6 Å². The Bertz CT molecular complexity index is 861. The van der Waals surface area contributed by atoms with E-state index in [0.29, 0.717) is 11.6 Å². The average Bonchev–Trinajstić information content (AvgIpc) is 2.93. The lowest BCUT2D eigenvalue weighted by atomic mass is 9.77. The molecule has 3 aliphatic rings. The molecule has 246 valence electrons. The first kappa shape index (κ1) is 35.4. The van der Waals surface area contributed by atoms with Gasteiger partial charge in [-0.05, 0) is 32.9 Å². The van der Waals surface area contributed by atoms with Crippen LogP contribution in [0.5, 0.6) is 0 Å². The van der Waals surface area contributed by atoms with Crippen molar-refractivity contribution in [3.8, 4) is 0 Å². The number of hydrogen-bond donors (Lipinski definition) is 11. The van der Waals surface area contributed by atoms with Crippen molar-refractivity contribution in [1.82, 2.24) is 15.7 Å². The topological polar surface area (TPSA) is 275 Å². The fraction of sp³-hybridized carbons (Fsp3) is 0.960. The lowest BCUT2D eigenvalue weighted by Crippen LogP contribution is -2.67. The first-order valence-corrected chi connectivity index (χ1v) is 14.3. The third kappa shape index (κ3) is 7.92. The maximum Gasteiger partial charge on any atom is 0.246 e. The minimum absolute atomic E-state index is 0.0113. The summed E-state index contributed by atoms with van der Waals surface area (Å²) in [5, 5.41) is 80.7. The van der Waals surface area contributed by atoms with E-state index in [-0.39, 0.29) is 39.1 Å². The maximum atomic E-state index is 12.7. The van der Waals surface area contributed by atoms with Crippen LogP contribution in [0, 0.1) is 5.92 Å². The SMILES string of the molecule is CCNC[C@H]1O[C@H](OC2[C@@H](N)C[C@@H](CC(=O)N(O)CCN)[C@H](O[C@H]3OC[C@](C)(O)[C@H](NC)[C@H]3O)[C@H]2O)[C@H](O)[C@@H](O)[C@@H]1O. The van der Waals surface area contributed by atoms with E-state index >= 15 is 0 Å². The Morgan fingerprint density at radius 2 is 1.71 bits per heavy atom. The van der Waals surface area contributed by atoms with Gasteiger partial charge in [-0.3, -0.25) is 10.0 Å². The van der Waals surface area contributed by atoms with Gasteiger partial charge in [-0.15, -0.1) is 0 Å². The van der Waals surface area contributed by atoms with Gasteiger partial charge in [-0.2, -0.15) is 0 Å². The maximum absolute atomic E-state index is 12.7. The predicted molar refractivity (Wildman–Crippen MR) is 143 cm³/mol. The van der Waals surface area contributed by atoms with Crippen LogP contribution in [-0.4, -0.2) is 166 Å². The minimum atomic E-state index is -1.68. The highest BCUT2D eigenvalue weighted by Gasteiger charge is 2.53. The number of aliphatic hydroxyl groups excluding tert-OH is 5. The zero-order chi connectivity index (χ0) is 31.4. The molecule has 2 saturated heterocycles. The van der Waals surface area contributed by atoms with Crippen LogP contribution in [-0.2, 0) is 23.7 Å². The van der Waals surface area contributed by atoms with Crippen molar-refractivity contribution in [3.63, 3.8) is 0 Å². The molecule has 17 heteroatoms. The van der Waals surface area contributed by atoms with Crippen LogP contribution in [0.15, 0.2) is 0 Å². The summed E-state index contributed by atoms with van der Waals surface area (Å²) >= 11 is 0. The number of nitrogens with one attached hydrogen (secondary N) is 2. The van der Waals surface area contributed by atoms with Crippen LogP contribution in [0.4, 0.5) is 0 Å². The van der Waals surface area contributed by atoms with Crippen LogP contribution < -0.4 is 22.1 Å². The van der Waals surface area contributed by atoms with Gasteiger partial charge in [0.2, 0.25) is 5.91 Å². The van der Waals surface area contributed by atoms with Gasteiger partial charge in [0.15, 0.2) is 12.6 Å². The molecule has 1 saturated carbocycles. The molecule has 0 aromatic carbocycles. The van der Waals surface area contributed by atoms with E-state index in [1.54, 1.807) is 7.05 Å². The number of carbonyl (C=O) groups is 1. The van der Waals surface area contributed by atoms with E-state index < -0.39 is 90.9 Å². The number of aliphatic hydroxyl groups is 6. The fourth-order valence-electron chi connectivity index (χ4n) is 5.85. The Balaban J connectivity index is 1.84. The van der Waals surface area contributed by atoms with Gasteiger partial charge in [0, 0.05) is 25.6 Å². The number of nitrogens with zero attached hydrogens (tertiary/aromatic N) is 1. The van der Waals surface area contributed by atoms with Crippen LogP contribution in [0.2, 0.25) is 0 Å². The molecule has 1 aliphatic carbocycles. The van der Waals surface area contributed by atoms with E-state index in [1.807, 2.05) is 6.92 Å². The number of likely N-dealkylation sites (N-methyl/N-ethyl adjacent to an activating group) is 2. The summed E-state index contributed by atoms with van der Waals surface area (Å²) in [6.45, 7) is 3.68. The van der Waals surface area contributed by atoms with Crippen molar-refractivity contribution < 1.29 is 59.6 Å². The quantitative estimate of drug-likeness (QED) is 0.0725. The third-order valence-electron chi connectivity index (χ3n) is 8.19. The van der Waals surface area contributed by atoms with E-state index in [9.17, 15) is 40.6 Å². The molecule has 0 radical (unpaired) electrons. The lowest BCUT2D eigenvalue weighted by Gasteiger charge is -2.49. The molecule has 0 aromatic rings. The molecule has 1 unspecified atom stereocenters. The highest BCUT2D eigenvalue weighted by atomic mass is 16.7. The van der Waals surface area contributed by atoms with Crippen LogP contribution in [0.1, 0.15) is 26.7 Å². The van der Waals surface area contributed by atoms with E-state index in [1.165, 1.54) is 6.92 Å². The molecule has 0 aromatic heterocycles. The summed E-state index contributed by atoms with van der Waals surface area (Å²) in [6, 6.07) is -1.80. The second kappa shape index (κ2) is 15.2. The third-order valence-corrected chi connectivity index (χ3v) is 8.19. The zero-order valence-corrected chi connectivity index (χ0v) is 24.2. The summed E-state index contributed by atoms with van der Waals surface area (Å²) in [7, 11) is 1.54. The number of rotatable bonds is 12. The number of amides is 1. The van der Waals surface area contributed by atoms with Crippen molar-refractivity contribution in [2.75, 3.05) is 39.8 Å². The largest absolute Gasteiger partial charge is 0.388 e. The van der Waals surface area contributed by atoms with Gasteiger partial charge in [0.1, 0.15) is 48.3 Å². The molecular weight excluding hydrogens is 562 g/mol. The Morgan fingerprint density at radius 1 is 1.05 bits per heavy atom. The average molecular weight is 612 g/mol. The Morgan fingerprint density at radius 3 is 2.33 bits per heavy atom. The summed E-state index contributed by atoms with van der Waals surface area (Å²) in [6.07, 6.45) is -14.3. The fourth-order valence-corrected chi connectivity index (χ4v) is 5.85. The van der Waals surface area contributed by atoms with Crippen molar-refractivity contribution >= 4 is 5.91 Å². The second-order valence-corrected chi connectivity index (χ2v) is 11.5. The number of carbonyl (C=O) groups excluding carboxylic acids is 1. The monoisotopic (exact) mass is 611 g/mol. The lowest BCUT2D eigenvalue weighted by molar-refractivity contribution is -0.333. The normalized spacial score (nSPS) is 44.6. The Kier molecular flexibility index (Phi) is 12.8. The molecule has 3 fully saturated rings. The molecule has 1 amide bonds. The first-order valence-electron chi connectivity index (χ1n) is 14.3. The minimum Gasteiger partial charge on any atom is -0.388 e. The van der Waals surface area contributed by atoms with Crippen molar-refractivity contribution in [1.29, 1.82) is 0 Å². The van der Waals surface area contributed by atoms with Crippen molar-refractivity contribution in [2.45, 2.75) is 106 Å². The molecule has 2 heterocycles. The summed E-state index contributed by atoms with van der Waals surface area (Å²) in [5.41, 5.74) is 10.4. The van der Waals surface area contributed by atoms with Gasteiger partial charge in [0.25, 0.3) is 0 Å². The summed E-state index contributed by atoms with van der Waals surface area (Å²) < 4.78 is 23.3. The molecule has 2 aliphatic heterocycles. The second-order valence-electron chi connectivity index (χ2n) is 11.5. The van der Waals surface area contributed by atoms with Gasteiger partial charge in [0.05, 0.1) is 25.3 Å². The van der Waals surface area contributed by atoms with E-state index in [4.69, 9.17) is 30.4 Å². The standard InChI is InChI=1S/C25H49N5O12/c1-4-29-9-13-15(32)16(33)17(34)24(40-13)42-21-12(27)7-11(8-14(31)30(38)6-5-26)20(18(21)35)41-23-19(36)22(28-3)25(2,37)10-39-23/h11-13,15-24,28-29,32-38H,4-10,26-27H2,1-3H3/t11-,12-,13+,15+,16-,17+,18+,19+,20-,21?,22+,23+,24+,25-/m0/s1. The zero-order valence-electron chi connectivity index (χ0n) is 24.2. The number of nitrogens with two attached hydrogens (primary N) is 2. The summed E-state index contributed by atoms with van der Waals surface area (Å²) in [5.74, 6) is -1.50. The molecule has 0 bridgehead atoms. The number of hydroxylamine groups is 2. The van der Waals surface area contributed by atoms with Gasteiger partial charge < -0.3 is 71.7 Å². The van der Waals surface area contributed by atoms with Gasteiger partial charge in [-0.1, -0.05) is 6.92 Å². The molecular formula is C25H49N5O12. The van der Waals surface area contributed by atoms with Gasteiger partial charge >= 0.3 is 0 Å². The van der Waals surface area contributed by atoms with Crippen LogP contribution in [0.25, 0.3) is 0 Å². The van der Waals surface area contributed by atoms with Crippen molar-refractivity contribution in [2.24, 2.45) is 17.4 Å². The smallest absolute Gasteiger partial charge is 0.246 e. The molecule has 17 nitrogen and oxygen atoms in total. The molecule has 13 N–H and O–H groups in total. The number of ether oxygens (including phenoxy) is 4. The summed E-state index contributed by atoms with van der Waals surface area (Å²) in [4.78, 5) is 12.7. The first-order chi connectivity index (χ1) is 19.8. The van der Waals surface area contributed by atoms with Gasteiger partial charge in [-0.25, -0.2) is 5.06 Å². The highest BCUT2D eigenvalue weighted by molar-refractivity contribution is 5.75. The van der Waals surface area contributed by atoms with Crippen LogP contribution in [0.3, 0.4) is 0 Å². The number of hydrogen-bond acceptors (Lipinski definition) is 16. The molecule has 3 rings (SSSR count). The molecule has 0 spiro atoms. The highest BCUT2D eigenvalue weighted by Crippen LogP contribution is 2.36. The molecule has 14 atom stereocenters. The Hall–Kier alpha value is -1.13. The molecule has 42 heavy (non-hydrogen) atoms. The van der Waals surface area contributed by atoms with Crippen LogP contribution >= 0.6 is 0 Å². The Labute approximate surface area is 244 Å².